The highest BCUT2D eigenvalue weighted by Crippen LogP contribution is 2.32. The maximum absolute atomic E-state index is 12.4. The summed E-state index contributed by atoms with van der Waals surface area (Å²) < 4.78 is 6.88. The summed E-state index contributed by atoms with van der Waals surface area (Å²) >= 11 is 1.55. The van der Waals surface area contributed by atoms with Gasteiger partial charge in [-0.2, -0.15) is 0 Å². The van der Waals surface area contributed by atoms with E-state index in [1.54, 1.807) is 29.5 Å². The lowest BCUT2D eigenvalue weighted by Gasteiger charge is -2.13. The Morgan fingerprint density at radius 3 is 3.00 bits per heavy atom. The Morgan fingerprint density at radius 1 is 1.37 bits per heavy atom. The van der Waals surface area contributed by atoms with Gasteiger partial charge in [-0.05, 0) is 30.5 Å². The number of fused-ring (bicyclic) bond motifs is 1. The fourth-order valence-corrected chi connectivity index (χ4v) is 4.36. The van der Waals surface area contributed by atoms with Crippen LogP contribution in [0.1, 0.15) is 37.1 Å². The zero-order chi connectivity index (χ0) is 19.2. The molecule has 1 aliphatic rings. The summed E-state index contributed by atoms with van der Waals surface area (Å²) in [5.41, 5.74) is 1.90. The number of hydrogen-bond acceptors (Lipinski definition) is 5. The van der Waals surface area contributed by atoms with Gasteiger partial charge in [0.05, 0.1) is 13.2 Å². The second-order valence-corrected chi connectivity index (χ2v) is 7.60. The van der Waals surface area contributed by atoms with E-state index in [1.807, 2.05) is 24.3 Å². The van der Waals surface area contributed by atoms with E-state index in [0.29, 0.717) is 18.7 Å². The van der Waals surface area contributed by atoms with Gasteiger partial charge in [0.25, 0.3) is 5.56 Å². The van der Waals surface area contributed by atoms with Crippen LogP contribution in [-0.4, -0.2) is 34.9 Å². The predicted octanol–water partition coefficient (Wildman–Crippen LogP) is 2.60. The number of methoxy groups -OCH3 is 1. The van der Waals surface area contributed by atoms with Crippen LogP contribution in [0.3, 0.4) is 0 Å². The molecule has 0 saturated carbocycles. The molecule has 3 rings (SSSR count). The van der Waals surface area contributed by atoms with Gasteiger partial charge in [-0.15, -0.1) is 0 Å². The van der Waals surface area contributed by atoms with Crippen molar-refractivity contribution in [2.24, 2.45) is 0 Å². The van der Waals surface area contributed by atoms with Gasteiger partial charge in [-0.1, -0.05) is 37.2 Å². The number of thioether (sulfide) groups is 1. The number of aryl methyl sites for hydroxylation is 1. The van der Waals surface area contributed by atoms with Crippen LogP contribution < -0.4 is 15.6 Å². The number of ether oxygens (including phenoxy) is 1. The summed E-state index contributed by atoms with van der Waals surface area (Å²) in [4.78, 5) is 29.3. The second kappa shape index (κ2) is 9.08. The molecule has 0 radical (unpaired) electrons. The second-order valence-electron chi connectivity index (χ2n) is 6.61. The van der Waals surface area contributed by atoms with Crippen molar-refractivity contribution in [2.45, 2.75) is 43.8 Å². The molecule has 1 aromatic carbocycles. The third-order valence-corrected chi connectivity index (χ3v) is 5.64. The molecule has 0 spiro atoms. The number of benzene rings is 1. The van der Waals surface area contributed by atoms with Crippen LogP contribution in [0.4, 0.5) is 0 Å². The van der Waals surface area contributed by atoms with E-state index in [9.17, 15) is 9.59 Å². The Hall–Kier alpha value is -2.28. The molecule has 27 heavy (non-hydrogen) atoms. The van der Waals surface area contributed by atoms with Crippen molar-refractivity contribution < 1.29 is 9.53 Å². The van der Waals surface area contributed by atoms with Crippen LogP contribution in [0.25, 0.3) is 0 Å². The number of carbonyl (C=O) groups excluding carboxylic acids is 1. The Labute approximate surface area is 163 Å². The van der Waals surface area contributed by atoms with Crippen molar-refractivity contribution in [3.8, 4) is 5.75 Å². The first-order chi connectivity index (χ1) is 13.1. The van der Waals surface area contributed by atoms with Crippen LogP contribution in [0.2, 0.25) is 0 Å². The number of nitrogens with zero attached hydrogens (tertiary/aromatic N) is 2. The lowest BCUT2D eigenvalue weighted by molar-refractivity contribution is -0.121. The predicted molar refractivity (Wildman–Crippen MR) is 107 cm³/mol. The molecule has 1 aromatic heterocycles. The topological polar surface area (TPSA) is 73.2 Å². The molecule has 144 valence electrons. The molecule has 1 amide bonds. The summed E-state index contributed by atoms with van der Waals surface area (Å²) in [6, 6.07) is 9.29. The standard InChI is InChI=1S/C20H25N3O3S/c1-3-5-15-11-19(25)23-16(13-27-20(23)22-15)12-18(24)21-9-8-14-6-4-7-17(10-14)26-2/h4,6-7,10-11,16H,3,5,8-9,12-13H2,1-2H3,(H,21,24)/t16-/m1/s1. The normalized spacial score (nSPS) is 15.4. The molecule has 0 fully saturated rings. The van der Waals surface area contributed by atoms with Crippen LogP contribution in [0.15, 0.2) is 40.3 Å². The molecule has 1 aliphatic heterocycles. The Kier molecular flexibility index (Phi) is 6.55. The number of rotatable bonds is 8. The van der Waals surface area contributed by atoms with Crippen molar-refractivity contribution >= 4 is 17.7 Å². The van der Waals surface area contributed by atoms with Gasteiger partial charge in [-0.3, -0.25) is 14.2 Å². The molecular weight excluding hydrogens is 362 g/mol. The van der Waals surface area contributed by atoms with E-state index in [0.717, 1.165) is 41.4 Å². The average Bonchev–Trinajstić information content (AvgIpc) is 3.05. The lowest BCUT2D eigenvalue weighted by atomic mass is 10.1. The van der Waals surface area contributed by atoms with Gasteiger partial charge < -0.3 is 10.1 Å². The summed E-state index contributed by atoms with van der Waals surface area (Å²) in [7, 11) is 1.64. The molecule has 1 atom stereocenters. The first-order valence-corrected chi connectivity index (χ1v) is 10.2. The van der Waals surface area contributed by atoms with Gasteiger partial charge >= 0.3 is 0 Å². The fourth-order valence-electron chi connectivity index (χ4n) is 3.19. The van der Waals surface area contributed by atoms with Gasteiger partial charge in [0.2, 0.25) is 5.91 Å². The van der Waals surface area contributed by atoms with Crippen molar-refractivity contribution in [2.75, 3.05) is 19.4 Å². The summed E-state index contributed by atoms with van der Waals surface area (Å²) in [5.74, 6) is 1.48. The number of aromatic nitrogens is 2. The van der Waals surface area contributed by atoms with E-state index in [-0.39, 0.29) is 17.5 Å². The molecule has 0 aliphatic carbocycles. The first-order valence-electron chi connectivity index (χ1n) is 9.25. The minimum absolute atomic E-state index is 0.0409. The highest BCUT2D eigenvalue weighted by Gasteiger charge is 2.27. The molecule has 0 saturated heterocycles. The highest BCUT2D eigenvalue weighted by molar-refractivity contribution is 7.99. The third kappa shape index (κ3) is 4.91. The summed E-state index contributed by atoms with van der Waals surface area (Å²) in [5, 5.41) is 3.69. The Morgan fingerprint density at radius 2 is 2.22 bits per heavy atom. The SMILES string of the molecule is CCCc1cc(=O)n2c(n1)SC[C@H]2CC(=O)NCCc1cccc(OC)c1. The van der Waals surface area contributed by atoms with Crippen molar-refractivity contribution in [3.63, 3.8) is 0 Å². The number of carbonyl (C=O) groups is 1. The van der Waals surface area contributed by atoms with E-state index in [1.165, 1.54) is 0 Å². The number of amides is 1. The zero-order valence-electron chi connectivity index (χ0n) is 15.7. The molecule has 2 heterocycles. The van der Waals surface area contributed by atoms with E-state index >= 15 is 0 Å². The quantitative estimate of drug-likeness (QED) is 0.705. The Balaban J connectivity index is 1.54. The minimum atomic E-state index is -0.127. The van der Waals surface area contributed by atoms with Crippen LogP contribution in [-0.2, 0) is 17.6 Å². The molecule has 6 nitrogen and oxygen atoms in total. The molecule has 0 bridgehead atoms. The fraction of sp³-hybridized carbons (Fsp3) is 0.450. The number of nitrogens with one attached hydrogen (secondary N) is 1. The van der Waals surface area contributed by atoms with Crippen molar-refractivity contribution in [3.05, 3.63) is 51.9 Å². The highest BCUT2D eigenvalue weighted by atomic mass is 32.2. The van der Waals surface area contributed by atoms with Crippen molar-refractivity contribution in [1.29, 1.82) is 0 Å². The maximum atomic E-state index is 12.4. The van der Waals surface area contributed by atoms with Crippen LogP contribution >= 0.6 is 11.8 Å². The van der Waals surface area contributed by atoms with Gasteiger partial charge in [0.1, 0.15) is 5.75 Å². The average molecular weight is 388 g/mol. The van der Waals surface area contributed by atoms with E-state index in [4.69, 9.17) is 4.74 Å². The molecule has 2 aromatic rings. The zero-order valence-corrected chi connectivity index (χ0v) is 16.6. The third-order valence-electron chi connectivity index (χ3n) is 4.54. The van der Waals surface area contributed by atoms with Crippen LogP contribution in [0, 0.1) is 0 Å². The van der Waals surface area contributed by atoms with E-state index in [2.05, 4.69) is 17.2 Å². The van der Waals surface area contributed by atoms with Gasteiger partial charge in [0.15, 0.2) is 5.16 Å². The molecular formula is C20H25N3O3S. The van der Waals surface area contributed by atoms with Gasteiger partial charge in [0, 0.05) is 30.5 Å². The summed E-state index contributed by atoms with van der Waals surface area (Å²) in [6.07, 6.45) is 2.80. The monoisotopic (exact) mass is 387 g/mol. The smallest absolute Gasteiger partial charge is 0.254 e. The largest absolute Gasteiger partial charge is 0.497 e. The first kappa shape index (κ1) is 19.5. The maximum Gasteiger partial charge on any atom is 0.254 e. The van der Waals surface area contributed by atoms with E-state index < -0.39 is 0 Å². The number of hydrogen-bond donors (Lipinski definition) is 1. The molecule has 0 unspecified atom stereocenters. The lowest BCUT2D eigenvalue weighted by Crippen LogP contribution is -2.31. The van der Waals surface area contributed by atoms with Crippen LogP contribution in [0.5, 0.6) is 5.75 Å². The Bertz CT molecular complexity index is 866. The van der Waals surface area contributed by atoms with Crippen molar-refractivity contribution in [1.82, 2.24) is 14.9 Å². The molecule has 1 N–H and O–H groups in total. The summed E-state index contributed by atoms with van der Waals surface area (Å²) in [6.45, 7) is 2.62. The van der Waals surface area contributed by atoms with Gasteiger partial charge in [-0.25, -0.2) is 4.98 Å². The minimum Gasteiger partial charge on any atom is -0.497 e. The molecule has 7 heteroatoms.